The molecule has 3 rings (SSSR count). The van der Waals surface area contributed by atoms with Crippen LogP contribution in [-0.2, 0) is 26.6 Å². The Morgan fingerprint density at radius 3 is 2.44 bits per heavy atom. The van der Waals surface area contributed by atoms with Crippen molar-refractivity contribution in [1.29, 1.82) is 0 Å². The van der Waals surface area contributed by atoms with Gasteiger partial charge in [-0.25, -0.2) is 17.6 Å². The van der Waals surface area contributed by atoms with E-state index in [0.29, 0.717) is 12.3 Å². The monoisotopic (exact) mass is 462 g/mol. The molecule has 1 fully saturated rings. The molecule has 9 heteroatoms. The summed E-state index contributed by atoms with van der Waals surface area (Å²) < 4.78 is 44.5. The van der Waals surface area contributed by atoms with E-state index in [0.717, 1.165) is 11.1 Å². The molecule has 1 saturated heterocycles. The van der Waals surface area contributed by atoms with Crippen LogP contribution in [0.25, 0.3) is 0 Å². The van der Waals surface area contributed by atoms with Crippen LogP contribution < -0.4 is 10.1 Å². The first-order valence-electron chi connectivity index (χ1n) is 10.2. The van der Waals surface area contributed by atoms with Crippen LogP contribution in [0.15, 0.2) is 53.4 Å². The van der Waals surface area contributed by atoms with Crippen molar-refractivity contribution >= 4 is 21.8 Å². The fourth-order valence-electron chi connectivity index (χ4n) is 3.50. The molecule has 2 aromatic carbocycles. The number of urea groups is 1. The molecule has 1 aliphatic heterocycles. The highest BCUT2D eigenvalue weighted by Crippen LogP contribution is 2.29. The number of halogens is 1. The summed E-state index contributed by atoms with van der Waals surface area (Å²) in [6.07, 6.45) is -1.16. The second kappa shape index (κ2) is 9.28. The molecule has 172 valence electrons. The van der Waals surface area contributed by atoms with Crippen LogP contribution in [0, 0.1) is 0 Å². The number of rotatable bonds is 9. The van der Waals surface area contributed by atoms with Crippen molar-refractivity contribution in [2.45, 2.75) is 43.8 Å². The highest BCUT2D eigenvalue weighted by molar-refractivity contribution is 7.91. The molecular formula is C23H27FN2O5S. The number of amides is 3. The summed E-state index contributed by atoms with van der Waals surface area (Å²) in [5.74, 6) is -0.153. The van der Waals surface area contributed by atoms with Gasteiger partial charge in [-0.15, -0.1) is 0 Å². The van der Waals surface area contributed by atoms with Crippen molar-refractivity contribution in [3.63, 3.8) is 0 Å². The number of hydrogen-bond donors (Lipinski definition) is 1. The minimum Gasteiger partial charge on any atom is -0.491 e. The number of ether oxygens (including phenoxy) is 1. The number of nitrogens with one attached hydrogen (secondary N) is 1. The lowest BCUT2D eigenvalue weighted by molar-refractivity contribution is -0.118. The highest BCUT2D eigenvalue weighted by Gasteiger charge is 2.30. The summed E-state index contributed by atoms with van der Waals surface area (Å²) in [6, 6.07) is 13.0. The molecule has 0 saturated carbocycles. The van der Waals surface area contributed by atoms with Gasteiger partial charge in [0.25, 0.3) is 0 Å². The molecule has 1 unspecified atom stereocenters. The fraction of sp³-hybridized carbons (Fsp3) is 0.391. The van der Waals surface area contributed by atoms with Gasteiger partial charge in [0.2, 0.25) is 5.91 Å². The summed E-state index contributed by atoms with van der Waals surface area (Å²) in [5, 5.41) is 2.24. The quantitative estimate of drug-likeness (QED) is 0.578. The van der Waals surface area contributed by atoms with Gasteiger partial charge in [-0.2, -0.15) is 0 Å². The van der Waals surface area contributed by atoms with Crippen LogP contribution in [0.5, 0.6) is 5.75 Å². The number of hydrogen-bond acceptors (Lipinski definition) is 5. The van der Waals surface area contributed by atoms with Crippen LogP contribution in [0.2, 0.25) is 0 Å². The van der Waals surface area contributed by atoms with Crippen molar-refractivity contribution in [2.24, 2.45) is 0 Å². The summed E-state index contributed by atoms with van der Waals surface area (Å²) in [5.41, 5.74) is 0.970. The van der Waals surface area contributed by atoms with Crippen LogP contribution in [0.4, 0.5) is 9.18 Å². The second-order valence-electron chi connectivity index (χ2n) is 8.62. The Labute approximate surface area is 187 Å². The van der Waals surface area contributed by atoms with Gasteiger partial charge in [0, 0.05) is 12.0 Å². The Morgan fingerprint density at radius 1 is 1.16 bits per heavy atom. The maximum atomic E-state index is 13.1. The van der Waals surface area contributed by atoms with Crippen LogP contribution in [-0.4, -0.2) is 50.3 Å². The van der Waals surface area contributed by atoms with Gasteiger partial charge in [-0.05, 0) is 36.2 Å². The lowest BCUT2D eigenvalue weighted by atomic mass is 9.86. The van der Waals surface area contributed by atoms with E-state index >= 15 is 0 Å². The van der Waals surface area contributed by atoms with Gasteiger partial charge in [0.05, 0.1) is 10.6 Å². The van der Waals surface area contributed by atoms with Crippen molar-refractivity contribution in [3.8, 4) is 5.75 Å². The van der Waals surface area contributed by atoms with Crippen LogP contribution in [0.3, 0.4) is 0 Å². The summed E-state index contributed by atoms with van der Waals surface area (Å²) in [6.45, 7) is 5.23. The maximum Gasteiger partial charge on any atom is 0.324 e. The number of carbonyl (C=O) groups excluding carboxylic acids is 2. The molecule has 1 atom stereocenters. The van der Waals surface area contributed by atoms with E-state index in [-0.39, 0.29) is 29.7 Å². The topological polar surface area (TPSA) is 92.8 Å². The Balaban J connectivity index is 1.71. The smallest absolute Gasteiger partial charge is 0.324 e. The van der Waals surface area contributed by atoms with Crippen molar-refractivity contribution in [2.75, 3.05) is 18.9 Å². The van der Waals surface area contributed by atoms with E-state index in [1.807, 2.05) is 38.1 Å². The first-order chi connectivity index (χ1) is 15.0. The van der Waals surface area contributed by atoms with E-state index in [1.165, 1.54) is 24.0 Å². The Hall–Kier alpha value is -2.94. The third kappa shape index (κ3) is 5.85. The highest BCUT2D eigenvalue weighted by atomic mass is 32.2. The summed E-state index contributed by atoms with van der Waals surface area (Å²) in [4.78, 5) is 24.6. The van der Waals surface area contributed by atoms with Gasteiger partial charge < -0.3 is 9.64 Å². The van der Waals surface area contributed by atoms with Gasteiger partial charge >= 0.3 is 6.03 Å². The molecule has 1 heterocycles. The first kappa shape index (κ1) is 23.7. The lowest BCUT2D eigenvalue weighted by Gasteiger charge is -2.25. The van der Waals surface area contributed by atoms with Gasteiger partial charge in [-0.1, -0.05) is 44.2 Å². The molecule has 7 nitrogen and oxygen atoms in total. The average Bonchev–Trinajstić information content (AvgIpc) is 3.03. The Kier molecular flexibility index (Phi) is 6.88. The zero-order valence-corrected chi connectivity index (χ0v) is 19.1. The van der Waals surface area contributed by atoms with Crippen molar-refractivity contribution in [1.82, 2.24) is 10.2 Å². The number of carbonyl (C=O) groups is 2. The Morgan fingerprint density at radius 2 is 1.84 bits per heavy atom. The Bertz CT molecular complexity index is 1100. The van der Waals surface area contributed by atoms with E-state index in [2.05, 4.69) is 5.32 Å². The lowest BCUT2D eigenvalue weighted by Crippen LogP contribution is -2.29. The average molecular weight is 463 g/mol. The third-order valence-corrected chi connectivity index (χ3v) is 7.25. The zero-order chi connectivity index (χ0) is 23.5. The number of imide groups is 1. The van der Waals surface area contributed by atoms with E-state index in [1.54, 1.807) is 12.1 Å². The molecule has 2 aromatic rings. The SMILES string of the molecule is CC(F)COc1cccc(S(=O)(=O)CC(C)(C)c2ccc(CN3CC(=O)NC3=O)cc2)c1. The number of benzene rings is 2. The molecule has 1 aliphatic rings. The number of sulfone groups is 1. The van der Waals surface area contributed by atoms with Crippen molar-refractivity contribution in [3.05, 3.63) is 59.7 Å². The van der Waals surface area contributed by atoms with Gasteiger partial charge in [-0.3, -0.25) is 10.1 Å². The molecule has 0 radical (unpaired) electrons. The maximum absolute atomic E-state index is 13.1. The van der Waals surface area contributed by atoms with Crippen LogP contribution >= 0.6 is 0 Å². The van der Waals surface area contributed by atoms with E-state index < -0.39 is 27.5 Å². The minimum absolute atomic E-state index is 0.0251. The molecular weight excluding hydrogens is 435 g/mol. The van der Waals surface area contributed by atoms with E-state index in [9.17, 15) is 22.4 Å². The standard InChI is InChI=1S/C23H27FN2O5S/c1-16(24)14-31-19-5-4-6-20(11-19)32(29,30)15-23(2,3)18-9-7-17(8-10-18)12-26-13-21(27)25-22(26)28/h4-11,16H,12-15H2,1-3H3,(H,25,27,28). The largest absolute Gasteiger partial charge is 0.491 e. The predicted molar refractivity (Wildman–Crippen MR) is 118 cm³/mol. The molecule has 0 aliphatic carbocycles. The molecule has 3 amide bonds. The van der Waals surface area contributed by atoms with Gasteiger partial charge in [0.1, 0.15) is 25.1 Å². The summed E-state index contributed by atoms with van der Waals surface area (Å²) in [7, 11) is -3.64. The molecule has 1 N–H and O–H groups in total. The molecule has 0 spiro atoms. The normalized spacial score (nSPS) is 15.6. The second-order valence-corrected chi connectivity index (χ2v) is 10.6. The van der Waals surface area contributed by atoms with E-state index in [4.69, 9.17) is 4.74 Å². The molecule has 0 bridgehead atoms. The van der Waals surface area contributed by atoms with Gasteiger partial charge in [0.15, 0.2) is 9.84 Å². The first-order valence-corrected chi connectivity index (χ1v) is 11.9. The number of nitrogens with zero attached hydrogens (tertiary/aromatic N) is 1. The number of alkyl halides is 1. The zero-order valence-electron chi connectivity index (χ0n) is 18.3. The van der Waals surface area contributed by atoms with Crippen LogP contribution in [0.1, 0.15) is 31.9 Å². The fourth-order valence-corrected chi connectivity index (χ4v) is 5.37. The third-order valence-electron chi connectivity index (χ3n) is 5.17. The molecule has 32 heavy (non-hydrogen) atoms. The minimum atomic E-state index is -3.64. The molecule has 0 aromatic heterocycles. The predicted octanol–water partition coefficient (Wildman–Crippen LogP) is 3.23. The summed E-state index contributed by atoms with van der Waals surface area (Å²) >= 11 is 0. The van der Waals surface area contributed by atoms with Crippen molar-refractivity contribution < 1.29 is 27.1 Å².